The second-order valence-electron chi connectivity index (χ2n) is 5.66. The molecule has 0 fully saturated rings. The number of esters is 1. The quantitative estimate of drug-likeness (QED) is 0.523. The van der Waals surface area contributed by atoms with E-state index in [2.05, 4.69) is 10.6 Å². The molecule has 0 aromatic heterocycles. The maximum atomic E-state index is 12.1. The Labute approximate surface area is 157 Å². The Hall–Kier alpha value is -3.19. The van der Waals surface area contributed by atoms with Crippen molar-refractivity contribution in [2.24, 2.45) is 0 Å². The molecule has 0 aliphatic heterocycles. The first-order valence-electron chi connectivity index (χ1n) is 8.49. The van der Waals surface area contributed by atoms with Gasteiger partial charge in [0.15, 0.2) is 0 Å². The summed E-state index contributed by atoms with van der Waals surface area (Å²) in [5, 5.41) is 5.47. The first-order valence-corrected chi connectivity index (χ1v) is 8.49. The lowest BCUT2D eigenvalue weighted by Crippen LogP contribution is -2.16. The van der Waals surface area contributed by atoms with E-state index in [1.54, 1.807) is 48.5 Å². The van der Waals surface area contributed by atoms with Crippen LogP contribution in [0.1, 0.15) is 23.2 Å². The van der Waals surface area contributed by atoms with Gasteiger partial charge in [-0.3, -0.25) is 14.4 Å². The second-order valence-corrected chi connectivity index (χ2v) is 5.66. The average Bonchev–Trinajstić information content (AvgIpc) is 2.69. The smallest absolute Gasteiger partial charge is 0.306 e. The molecule has 7 nitrogen and oxygen atoms in total. The Morgan fingerprint density at radius 2 is 1.44 bits per heavy atom. The monoisotopic (exact) mass is 370 g/mol. The largest absolute Gasteiger partial charge is 0.463 e. The minimum Gasteiger partial charge on any atom is -0.463 e. The van der Waals surface area contributed by atoms with E-state index in [1.807, 2.05) is 6.07 Å². The van der Waals surface area contributed by atoms with Crippen LogP contribution in [0.3, 0.4) is 0 Å². The van der Waals surface area contributed by atoms with Gasteiger partial charge in [-0.15, -0.1) is 0 Å². The number of anilines is 2. The first-order chi connectivity index (χ1) is 13.1. The molecule has 0 aliphatic rings. The van der Waals surface area contributed by atoms with Gasteiger partial charge < -0.3 is 20.1 Å². The third-order valence-corrected chi connectivity index (χ3v) is 3.57. The Bertz CT molecular complexity index is 760. The van der Waals surface area contributed by atoms with E-state index in [1.165, 1.54) is 7.11 Å². The minimum absolute atomic E-state index is 0.000758. The first kappa shape index (κ1) is 20.1. The summed E-state index contributed by atoms with van der Waals surface area (Å²) in [5.41, 5.74) is 1.75. The highest BCUT2D eigenvalue weighted by Crippen LogP contribution is 2.15. The number of benzene rings is 2. The highest BCUT2D eigenvalue weighted by Gasteiger charge is 2.09. The molecule has 0 aliphatic carbocycles. The molecular formula is C20H22N2O5. The molecule has 2 aromatic carbocycles. The zero-order valence-electron chi connectivity index (χ0n) is 15.1. The van der Waals surface area contributed by atoms with Crippen LogP contribution in [0.2, 0.25) is 0 Å². The maximum absolute atomic E-state index is 12.1. The van der Waals surface area contributed by atoms with Crippen LogP contribution >= 0.6 is 0 Å². The van der Waals surface area contributed by atoms with Gasteiger partial charge >= 0.3 is 5.97 Å². The van der Waals surface area contributed by atoms with Crippen LogP contribution < -0.4 is 10.6 Å². The van der Waals surface area contributed by atoms with Crippen LogP contribution in [0, 0.1) is 0 Å². The fourth-order valence-electron chi connectivity index (χ4n) is 2.18. The van der Waals surface area contributed by atoms with Gasteiger partial charge in [0.25, 0.3) is 5.91 Å². The van der Waals surface area contributed by atoms with E-state index >= 15 is 0 Å². The van der Waals surface area contributed by atoms with E-state index in [4.69, 9.17) is 9.47 Å². The molecule has 0 saturated carbocycles. The number of methoxy groups -OCH3 is 1. The maximum Gasteiger partial charge on any atom is 0.306 e. The molecule has 0 bridgehead atoms. The minimum atomic E-state index is -0.443. The van der Waals surface area contributed by atoms with Crippen LogP contribution in [-0.4, -0.2) is 38.1 Å². The zero-order valence-corrected chi connectivity index (χ0v) is 15.1. The fraction of sp³-hybridized carbons (Fsp3) is 0.250. The summed E-state index contributed by atoms with van der Waals surface area (Å²) in [6.45, 7) is 0.498. The molecule has 0 atom stereocenters. The topological polar surface area (TPSA) is 93.7 Å². The standard InChI is InChI=1S/C20H22N2O5/c1-26-13-14-27-19(24)12-11-18(23)21-16-7-9-17(10-8-16)22-20(25)15-5-3-2-4-6-15/h2-10H,11-14H2,1H3,(H,21,23)(H,22,25). The summed E-state index contributed by atoms with van der Waals surface area (Å²) in [6, 6.07) is 15.6. The summed E-state index contributed by atoms with van der Waals surface area (Å²) in [7, 11) is 1.51. The predicted octanol–water partition coefficient (Wildman–Crippen LogP) is 2.85. The normalized spacial score (nSPS) is 10.1. The van der Waals surface area contributed by atoms with E-state index in [-0.39, 0.29) is 31.3 Å². The van der Waals surface area contributed by atoms with Crippen molar-refractivity contribution in [3.05, 3.63) is 60.2 Å². The Morgan fingerprint density at radius 3 is 2.07 bits per heavy atom. The van der Waals surface area contributed by atoms with E-state index < -0.39 is 5.97 Å². The molecular weight excluding hydrogens is 348 g/mol. The van der Waals surface area contributed by atoms with Crippen molar-refractivity contribution >= 4 is 29.2 Å². The van der Waals surface area contributed by atoms with Crippen molar-refractivity contribution in [2.75, 3.05) is 31.0 Å². The number of carbonyl (C=O) groups excluding carboxylic acids is 3. The number of carbonyl (C=O) groups is 3. The summed E-state index contributed by atoms with van der Waals surface area (Å²) < 4.78 is 9.66. The van der Waals surface area contributed by atoms with Crippen molar-refractivity contribution in [1.82, 2.24) is 0 Å². The van der Waals surface area contributed by atoms with E-state index in [9.17, 15) is 14.4 Å². The van der Waals surface area contributed by atoms with Gasteiger partial charge in [-0.1, -0.05) is 18.2 Å². The van der Waals surface area contributed by atoms with Gasteiger partial charge in [0, 0.05) is 30.5 Å². The molecule has 27 heavy (non-hydrogen) atoms. The molecule has 2 amide bonds. The molecule has 2 aromatic rings. The molecule has 142 valence electrons. The lowest BCUT2D eigenvalue weighted by molar-refractivity contribution is -0.145. The van der Waals surface area contributed by atoms with Crippen molar-refractivity contribution in [3.63, 3.8) is 0 Å². The number of ether oxygens (including phenoxy) is 2. The number of hydrogen-bond donors (Lipinski definition) is 2. The van der Waals surface area contributed by atoms with Crippen molar-refractivity contribution in [2.45, 2.75) is 12.8 Å². The van der Waals surface area contributed by atoms with Crippen LogP contribution in [0.25, 0.3) is 0 Å². The van der Waals surface area contributed by atoms with Crippen LogP contribution in [0.5, 0.6) is 0 Å². The zero-order chi connectivity index (χ0) is 19.5. The Balaban J connectivity index is 1.77. The SMILES string of the molecule is COCCOC(=O)CCC(=O)Nc1ccc(NC(=O)c2ccccc2)cc1. The molecule has 2 rings (SSSR count). The Kier molecular flexibility index (Phi) is 7.99. The molecule has 0 spiro atoms. The molecule has 0 heterocycles. The third-order valence-electron chi connectivity index (χ3n) is 3.57. The van der Waals surface area contributed by atoms with Crippen molar-refractivity contribution < 1.29 is 23.9 Å². The molecule has 0 unspecified atom stereocenters. The number of rotatable bonds is 9. The highest BCUT2D eigenvalue weighted by molar-refractivity contribution is 6.04. The molecule has 2 N–H and O–H groups in total. The summed E-state index contributed by atoms with van der Waals surface area (Å²) in [4.78, 5) is 35.4. The Morgan fingerprint density at radius 1 is 0.815 bits per heavy atom. The average molecular weight is 370 g/mol. The number of amides is 2. The van der Waals surface area contributed by atoms with Gasteiger partial charge in [0.1, 0.15) is 6.61 Å². The predicted molar refractivity (Wildman–Crippen MR) is 102 cm³/mol. The van der Waals surface area contributed by atoms with Crippen LogP contribution in [-0.2, 0) is 19.1 Å². The van der Waals surface area contributed by atoms with E-state index in [0.717, 1.165) is 0 Å². The van der Waals surface area contributed by atoms with Crippen LogP contribution in [0.15, 0.2) is 54.6 Å². The number of nitrogens with one attached hydrogen (secondary N) is 2. The van der Waals surface area contributed by atoms with Crippen molar-refractivity contribution in [1.29, 1.82) is 0 Å². The fourth-order valence-corrected chi connectivity index (χ4v) is 2.18. The number of hydrogen-bond acceptors (Lipinski definition) is 5. The summed E-state index contributed by atoms with van der Waals surface area (Å²) in [6.07, 6.45) is 0.0269. The lowest BCUT2D eigenvalue weighted by Gasteiger charge is -2.08. The van der Waals surface area contributed by atoms with Crippen molar-refractivity contribution in [3.8, 4) is 0 Å². The van der Waals surface area contributed by atoms with Gasteiger partial charge in [-0.25, -0.2) is 0 Å². The van der Waals surface area contributed by atoms with Crippen LogP contribution in [0.4, 0.5) is 11.4 Å². The highest BCUT2D eigenvalue weighted by atomic mass is 16.6. The summed E-state index contributed by atoms with van der Waals surface area (Å²) in [5.74, 6) is -0.944. The third kappa shape index (κ3) is 7.29. The van der Waals surface area contributed by atoms with E-state index in [0.29, 0.717) is 23.5 Å². The summed E-state index contributed by atoms with van der Waals surface area (Å²) >= 11 is 0. The molecule has 0 saturated heterocycles. The molecule has 7 heteroatoms. The van der Waals surface area contributed by atoms with Gasteiger partial charge in [-0.05, 0) is 36.4 Å². The lowest BCUT2D eigenvalue weighted by atomic mass is 10.2. The molecule has 0 radical (unpaired) electrons. The van der Waals surface area contributed by atoms with Gasteiger partial charge in [-0.2, -0.15) is 0 Å². The van der Waals surface area contributed by atoms with Gasteiger partial charge in [0.2, 0.25) is 5.91 Å². The second kappa shape index (κ2) is 10.7. The van der Waals surface area contributed by atoms with Gasteiger partial charge in [0.05, 0.1) is 13.0 Å².